The van der Waals surface area contributed by atoms with Gasteiger partial charge in [-0.1, -0.05) is 13.3 Å². The molecule has 0 spiro atoms. The molecule has 0 radical (unpaired) electrons. The van der Waals surface area contributed by atoms with E-state index in [1.54, 1.807) is 0 Å². The maximum Gasteiger partial charge on any atom is 0.306 e. The zero-order chi connectivity index (χ0) is 13.8. The Hall–Kier alpha value is -1.85. The molecule has 1 aromatic rings. The summed E-state index contributed by atoms with van der Waals surface area (Å²) in [5, 5.41) is 18.6. The van der Waals surface area contributed by atoms with Gasteiger partial charge >= 0.3 is 5.97 Å². The second-order valence-corrected chi connectivity index (χ2v) is 5.06. The average molecular weight is 265 g/mol. The number of amides is 1. The summed E-state index contributed by atoms with van der Waals surface area (Å²) in [5.41, 5.74) is 0.993. The van der Waals surface area contributed by atoms with E-state index in [2.05, 4.69) is 22.4 Å². The van der Waals surface area contributed by atoms with E-state index in [1.807, 2.05) is 6.07 Å². The Morgan fingerprint density at radius 2 is 2.21 bits per heavy atom. The number of anilines is 1. The van der Waals surface area contributed by atoms with Crippen LogP contribution in [0.25, 0.3) is 0 Å². The second-order valence-electron chi connectivity index (χ2n) is 5.06. The normalized spacial score (nSPS) is 22.4. The lowest BCUT2D eigenvalue weighted by atomic mass is 10.0. The van der Waals surface area contributed by atoms with E-state index >= 15 is 0 Å². The van der Waals surface area contributed by atoms with Gasteiger partial charge in [0.25, 0.3) is 0 Å². The molecule has 0 aromatic carbocycles. The Balaban J connectivity index is 1.88. The molecule has 6 nitrogen and oxygen atoms in total. The van der Waals surface area contributed by atoms with Crippen molar-refractivity contribution in [2.45, 2.75) is 39.0 Å². The number of aromatic amines is 1. The maximum atomic E-state index is 12.0. The molecule has 0 saturated heterocycles. The second kappa shape index (κ2) is 5.86. The van der Waals surface area contributed by atoms with Crippen molar-refractivity contribution in [3.05, 3.63) is 11.8 Å². The number of nitrogens with one attached hydrogen (secondary N) is 2. The Labute approximate surface area is 111 Å². The predicted octanol–water partition coefficient (Wildman–Crippen LogP) is 1.80. The van der Waals surface area contributed by atoms with Crippen LogP contribution < -0.4 is 5.32 Å². The van der Waals surface area contributed by atoms with Crippen molar-refractivity contribution in [2.24, 2.45) is 11.8 Å². The van der Waals surface area contributed by atoms with E-state index in [1.165, 1.54) is 0 Å². The highest BCUT2D eigenvalue weighted by atomic mass is 16.4. The van der Waals surface area contributed by atoms with Crippen molar-refractivity contribution in [3.63, 3.8) is 0 Å². The molecule has 1 amide bonds. The maximum absolute atomic E-state index is 12.0. The summed E-state index contributed by atoms with van der Waals surface area (Å²) in [6.07, 6.45) is 3.55. The Morgan fingerprint density at radius 3 is 2.84 bits per heavy atom. The van der Waals surface area contributed by atoms with Gasteiger partial charge in [0, 0.05) is 17.7 Å². The standard InChI is InChI=1S/C13H19N3O3/c1-2-3-10-7-11(16-15-10)14-12(17)8-4-5-9(6-8)13(18)19/h7-9H,2-6H2,1H3,(H,18,19)(H2,14,15,16,17)/t8-,9+/m1/s1. The van der Waals surface area contributed by atoms with Crippen LogP contribution >= 0.6 is 0 Å². The summed E-state index contributed by atoms with van der Waals surface area (Å²) in [7, 11) is 0. The average Bonchev–Trinajstić information content (AvgIpc) is 2.98. The summed E-state index contributed by atoms with van der Waals surface area (Å²) in [5.74, 6) is -1.01. The van der Waals surface area contributed by atoms with Gasteiger partial charge in [-0.2, -0.15) is 5.10 Å². The van der Waals surface area contributed by atoms with Crippen molar-refractivity contribution in [3.8, 4) is 0 Å². The van der Waals surface area contributed by atoms with Gasteiger partial charge in [-0.05, 0) is 25.7 Å². The van der Waals surface area contributed by atoms with E-state index in [-0.39, 0.29) is 17.7 Å². The minimum atomic E-state index is -0.805. The molecule has 1 heterocycles. The first-order valence-electron chi connectivity index (χ1n) is 6.68. The number of hydrogen-bond donors (Lipinski definition) is 3. The summed E-state index contributed by atoms with van der Waals surface area (Å²) < 4.78 is 0. The zero-order valence-electron chi connectivity index (χ0n) is 11.0. The highest BCUT2D eigenvalue weighted by Gasteiger charge is 2.33. The fraction of sp³-hybridized carbons (Fsp3) is 0.615. The molecule has 0 unspecified atom stereocenters. The van der Waals surface area contributed by atoms with Gasteiger partial charge in [-0.25, -0.2) is 0 Å². The van der Waals surface area contributed by atoms with Gasteiger partial charge in [0.1, 0.15) is 0 Å². The molecule has 1 aliphatic rings. The van der Waals surface area contributed by atoms with E-state index in [0.717, 1.165) is 18.5 Å². The van der Waals surface area contributed by atoms with Crippen LogP contribution in [0.1, 0.15) is 38.3 Å². The van der Waals surface area contributed by atoms with E-state index < -0.39 is 5.97 Å². The minimum Gasteiger partial charge on any atom is -0.481 e. The largest absolute Gasteiger partial charge is 0.481 e. The topological polar surface area (TPSA) is 95.1 Å². The van der Waals surface area contributed by atoms with E-state index in [0.29, 0.717) is 25.1 Å². The van der Waals surface area contributed by atoms with Crippen LogP contribution in [0.5, 0.6) is 0 Å². The summed E-state index contributed by atoms with van der Waals surface area (Å²) in [4.78, 5) is 22.8. The van der Waals surface area contributed by atoms with E-state index in [9.17, 15) is 9.59 Å². The van der Waals surface area contributed by atoms with Gasteiger partial charge in [-0.3, -0.25) is 14.7 Å². The van der Waals surface area contributed by atoms with Crippen molar-refractivity contribution >= 4 is 17.7 Å². The molecule has 6 heteroatoms. The zero-order valence-corrected chi connectivity index (χ0v) is 11.0. The highest BCUT2D eigenvalue weighted by molar-refractivity contribution is 5.92. The fourth-order valence-corrected chi connectivity index (χ4v) is 2.50. The summed E-state index contributed by atoms with van der Waals surface area (Å²) in [6, 6.07) is 1.82. The molecule has 2 rings (SSSR count). The highest BCUT2D eigenvalue weighted by Crippen LogP contribution is 2.31. The van der Waals surface area contributed by atoms with Gasteiger partial charge < -0.3 is 10.4 Å². The van der Waals surface area contributed by atoms with Crippen molar-refractivity contribution in [1.29, 1.82) is 0 Å². The monoisotopic (exact) mass is 265 g/mol. The number of nitrogens with zero attached hydrogens (tertiary/aromatic N) is 1. The number of carbonyl (C=O) groups excluding carboxylic acids is 1. The molecule has 3 N–H and O–H groups in total. The van der Waals surface area contributed by atoms with Crippen molar-refractivity contribution < 1.29 is 14.7 Å². The van der Waals surface area contributed by atoms with Gasteiger partial charge in [0.2, 0.25) is 5.91 Å². The van der Waals surface area contributed by atoms with Gasteiger partial charge in [0.15, 0.2) is 5.82 Å². The third-order valence-corrected chi connectivity index (χ3v) is 3.55. The molecular weight excluding hydrogens is 246 g/mol. The van der Waals surface area contributed by atoms with Crippen molar-refractivity contribution in [1.82, 2.24) is 10.2 Å². The number of carboxylic acid groups (broad SMARTS) is 1. The first kappa shape index (κ1) is 13.6. The lowest BCUT2D eigenvalue weighted by molar-refractivity contribution is -0.141. The molecular formula is C13H19N3O3. The smallest absolute Gasteiger partial charge is 0.306 e. The van der Waals surface area contributed by atoms with Crippen molar-refractivity contribution in [2.75, 3.05) is 5.32 Å². The van der Waals surface area contributed by atoms with Crippen LogP contribution in [0.4, 0.5) is 5.82 Å². The van der Waals surface area contributed by atoms with Crippen LogP contribution in [0.2, 0.25) is 0 Å². The number of aromatic nitrogens is 2. The number of carbonyl (C=O) groups is 2. The quantitative estimate of drug-likeness (QED) is 0.756. The predicted molar refractivity (Wildman–Crippen MR) is 69.7 cm³/mol. The summed E-state index contributed by atoms with van der Waals surface area (Å²) in [6.45, 7) is 2.07. The molecule has 1 fully saturated rings. The van der Waals surface area contributed by atoms with Crippen LogP contribution in [-0.4, -0.2) is 27.2 Å². The number of carboxylic acids is 1. The minimum absolute atomic E-state index is 0.127. The van der Waals surface area contributed by atoms with Gasteiger partial charge in [-0.15, -0.1) is 0 Å². The van der Waals surface area contributed by atoms with Crippen LogP contribution in [-0.2, 0) is 16.0 Å². The Kier molecular flexibility index (Phi) is 4.19. The SMILES string of the molecule is CCCc1cc(NC(=O)[C@@H]2CC[C@H](C(=O)O)C2)n[nH]1. The van der Waals surface area contributed by atoms with Crippen LogP contribution in [0.3, 0.4) is 0 Å². The fourth-order valence-electron chi connectivity index (χ4n) is 2.50. The third kappa shape index (κ3) is 3.33. The van der Waals surface area contributed by atoms with Gasteiger partial charge in [0.05, 0.1) is 5.92 Å². The number of aliphatic carboxylic acids is 1. The molecule has 2 atom stereocenters. The van der Waals surface area contributed by atoms with E-state index in [4.69, 9.17) is 5.11 Å². The first-order valence-corrected chi connectivity index (χ1v) is 6.68. The van der Waals surface area contributed by atoms with Crippen LogP contribution in [0, 0.1) is 11.8 Å². The molecule has 0 aliphatic heterocycles. The number of H-pyrrole nitrogens is 1. The number of aryl methyl sites for hydroxylation is 1. The lowest BCUT2D eigenvalue weighted by Crippen LogP contribution is -2.21. The first-order chi connectivity index (χ1) is 9.10. The number of hydrogen-bond acceptors (Lipinski definition) is 3. The number of rotatable bonds is 5. The molecule has 0 bridgehead atoms. The Morgan fingerprint density at radius 1 is 1.47 bits per heavy atom. The lowest BCUT2D eigenvalue weighted by Gasteiger charge is -2.08. The van der Waals surface area contributed by atoms with Crippen LogP contribution in [0.15, 0.2) is 6.07 Å². The molecule has 1 aromatic heterocycles. The molecule has 1 aliphatic carbocycles. The molecule has 104 valence electrons. The Bertz CT molecular complexity index is 469. The summed E-state index contributed by atoms with van der Waals surface area (Å²) >= 11 is 0. The third-order valence-electron chi connectivity index (χ3n) is 3.55. The molecule has 1 saturated carbocycles. The molecule has 19 heavy (non-hydrogen) atoms.